The molecular formula is C16H27BO3. The minimum Gasteiger partial charge on any atom is -0.400 e. The lowest BCUT2D eigenvalue weighted by atomic mass is 9.63. The molecule has 0 spiro atoms. The van der Waals surface area contributed by atoms with E-state index in [1.807, 2.05) is 0 Å². The van der Waals surface area contributed by atoms with Gasteiger partial charge in [-0.25, -0.2) is 0 Å². The number of rotatable bonds is 3. The molecule has 0 amide bonds. The summed E-state index contributed by atoms with van der Waals surface area (Å²) in [5, 5.41) is 0. The van der Waals surface area contributed by atoms with Gasteiger partial charge in [-0.1, -0.05) is 13.0 Å². The third-order valence-corrected chi connectivity index (χ3v) is 5.63. The first-order chi connectivity index (χ1) is 9.13. The fourth-order valence-electron chi connectivity index (χ4n) is 3.01. The molecule has 1 saturated heterocycles. The summed E-state index contributed by atoms with van der Waals surface area (Å²) in [4.78, 5) is 11.9. The lowest BCUT2D eigenvalue weighted by molar-refractivity contribution is -0.127. The van der Waals surface area contributed by atoms with Crippen molar-refractivity contribution in [3.8, 4) is 0 Å². The van der Waals surface area contributed by atoms with Crippen LogP contribution in [0.15, 0.2) is 11.5 Å². The highest BCUT2D eigenvalue weighted by Crippen LogP contribution is 2.44. The zero-order valence-electron chi connectivity index (χ0n) is 13.7. The highest BCUT2D eigenvalue weighted by atomic mass is 16.7. The Bertz CT molecular complexity index is 423. The predicted molar refractivity (Wildman–Crippen MR) is 81.4 cm³/mol. The molecule has 1 heterocycles. The van der Waals surface area contributed by atoms with Crippen molar-refractivity contribution in [2.45, 2.75) is 78.4 Å². The van der Waals surface area contributed by atoms with Gasteiger partial charge in [-0.3, -0.25) is 4.79 Å². The van der Waals surface area contributed by atoms with Crippen molar-refractivity contribution in [1.29, 1.82) is 0 Å². The first-order valence-corrected chi connectivity index (χ1v) is 7.69. The van der Waals surface area contributed by atoms with Crippen LogP contribution in [0.3, 0.4) is 0 Å². The maximum Gasteiger partial charge on any atom is 0.490 e. The minimum absolute atomic E-state index is 0.160. The monoisotopic (exact) mass is 278 g/mol. The number of hydrogen-bond acceptors (Lipinski definition) is 3. The van der Waals surface area contributed by atoms with Gasteiger partial charge in [0.1, 0.15) is 5.78 Å². The maximum absolute atomic E-state index is 11.9. The van der Waals surface area contributed by atoms with E-state index in [4.69, 9.17) is 9.31 Å². The molecule has 1 unspecified atom stereocenters. The number of carbonyl (C=O) groups excluding carboxylic acids is 1. The second-order valence-corrected chi connectivity index (χ2v) is 7.26. The van der Waals surface area contributed by atoms with Crippen LogP contribution in [0, 0.1) is 5.41 Å². The molecule has 1 atom stereocenters. The van der Waals surface area contributed by atoms with Gasteiger partial charge in [0.15, 0.2) is 0 Å². The van der Waals surface area contributed by atoms with Crippen molar-refractivity contribution >= 4 is 12.9 Å². The lowest BCUT2D eigenvalue weighted by Gasteiger charge is -2.33. The Hall–Kier alpha value is -0.605. The Labute approximate surface area is 123 Å². The Kier molecular flexibility index (Phi) is 3.94. The molecule has 2 aliphatic rings. The third-order valence-electron chi connectivity index (χ3n) is 5.63. The van der Waals surface area contributed by atoms with Crippen LogP contribution in [-0.2, 0) is 14.1 Å². The zero-order valence-corrected chi connectivity index (χ0v) is 13.7. The first kappa shape index (κ1) is 15.8. The molecule has 0 aromatic rings. The highest BCUT2D eigenvalue weighted by Gasteiger charge is 2.53. The summed E-state index contributed by atoms with van der Waals surface area (Å²) in [5.41, 5.74) is 0.457. The van der Waals surface area contributed by atoms with Crippen molar-refractivity contribution in [1.82, 2.24) is 0 Å². The van der Waals surface area contributed by atoms with E-state index in [0.29, 0.717) is 5.78 Å². The van der Waals surface area contributed by atoms with Gasteiger partial charge in [0.2, 0.25) is 0 Å². The fourth-order valence-corrected chi connectivity index (χ4v) is 3.01. The Morgan fingerprint density at radius 1 is 1.25 bits per heavy atom. The van der Waals surface area contributed by atoms with Gasteiger partial charge in [-0.05, 0) is 65.8 Å². The van der Waals surface area contributed by atoms with Gasteiger partial charge in [-0.15, -0.1) is 0 Å². The molecule has 0 aromatic carbocycles. The number of Topliss-reactive ketones (excluding diaryl/α,β-unsaturated/α-hetero) is 1. The fraction of sp³-hybridized carbons (Fsp3) is 0.812. The summed E-state index contributed by atoms with van der Waals surface area (Å²) in [7, 11) is -0.248. The third kappa shape index (κ3) is 2.48. The molecule has 112 valence electrons. The normalized spacial score (nSPS) is 32.1. The van der Waals surface area contributed by atoms with Crippen LogP contribution >= 0.6 is 0 Å². The van der Waals surface area contributed by atoms with Crippen LogP contribution in [0.1, 0.15) is 67.2 Å². The molecule has 0 saturated carbocycles. The van der Waals surface area contributed by atoms with E-state index in [-0.39, 0.29) is 23.7 Å². The molecule has 1 aliphatic carbocycles. The maximum atomic E-state index is 11.9. The van der Waals surface area contributed by atoms with Gasteiger partial charge in [-0.2, -0.15) is 0 Å². The molecule has 0 aromatic heterocycles. The largest absolute Gasteiger partial charge is 0.490 e. The van der Waals surface area contributed by atoms with Crippen molar-refractivity contribution in [3.63, 3.8) is 0 Å². The van der Waals surface area contributed by atoms with E-state index in [1.165, 1.54) is 5.47 Å². The van der Waals surface area contributed by atoms with Crippen LogP contribution in [0.25, 0.3) is 0 Å². The summed E-state index contributed by atoms with van der Waals surface area (Å²) >= 11 is 0. The molecule has 1 fully saturated rings. The molecule has 0 N–H and O–H groups in total. The van der Waals surface area contributed by atoms with Crippen molar-refractivity contribution in [3.05, 3.63) is 11.5 Å². The second-order valence-electron chi connectivity index (χ2n) is 7.26. The second kappa shape index (κ2) is 4.99. The number of allylic oxidation sites excluding steroid dienone is 2. The average molecular weight is 278 g/mol. The Morgan fingerprint density at radius 2 is 1.80 bits per heavy atom. The summed E-state index contributed by atoms with van der Waals surface area (Å²) in [5.74, 6) is 0.309. The van der Waals surface area contributed by atoms with E-state index < -0.39 is 0 Å². The SMILES string of the molecule is CCC1(C(C)=O)CC=C(B2OC(C)(C)C(C)(C)O2)CC1. The van der Waals surface area contributed by atoms with Crippen LogP contribution in [0.5, 0.6) is 0 Å². The first-order valence-electron chi connectivity index (χ1n) is 7.69. The molecule has 20 heavy (non-hydrogen) atoms. The van der Waals surface area contributed by atoms with Crippen molar-refractivity contribution in [2.75, 3.05) is 0 Å². The summed E-state index contributed by atoms with van der Waals surface area (Å²) in [6.45, 7) is 12.1. The molecule has 4 heteroatoms. The summed E-state index contributed by atoms with van der Waals surface area (Å²) < 4.78 is 12.2. The quantitative estimate of drug-likeness (QED) is 0.738. The number of carbonyl (C=O) groups is 1. The standard InChI is InChI=1S/C16H27BO3/c1-7-16(12(2)18)10-8-13(9-11-16)17-19-14(3,4)15(5,6)20-17/h8H,7,9-11H2,1-6H3. The molecule has 3 nitrogen and oxygen atoms in total. The average Bonchev–Trinajstić information content (AvgIpc) is 2.58. The van der Waals surface area contributed by atoms with E-state index in [9.17, 15) is 4.79 Å². The molecule has 0 bridgehead atoms. The van der Waals surface area contributed by atoms with Gasteiger partial charge in [0, 0.05) is 5.41 Å². The van der Waals surface area contributed by atoms with E-state index >= 15 is 0 Å². The van der Waals surface area contributed by atoms with Gasteiger partial charge < -0.3 is 9.31 Å². The number of hydrogen-bond donors (Lipinski definition) is 0. The van der Waals surface area contributed by atoms with Crippen molar-refractivity contribution < 1.29 is 14.1 Å². The highest BCUT2D eigenvalue weighted by molar-refractivity contribution is 6.54. The summed E-state index contributed by atoms with van der Waals surface area (Å²) in [6.07, 6.45) is 5.71. The molecule has 2 rings (SSSR count). The van der Waals surface area contributed by atoms with Gasteiger partial charge in [0.25, 0.3) is 0 Å². The minimum atomic E-state index is -0.293. The van der Waals surface area contributed by atoms with Gasteiger partial charge in [0.05, 0.1) is 11.2 Å². The topological polar surface area (TPSA) is 35.5 Å². The van der Waals surface area contributed by atoms with Crippen LogP contribution in [-0.4, -0.2) is 24.1 Å². The lowest BCUT2D eigenvalue weighted by Crippen LogP contribution is -2.41. The smallest absolute Gasteiger partial charge is 0.400 e. The molecule has 1 aliphatic heterocycles. The zero-order chi connectivity index (χ0) is 15.2. The predicted octanol–water partition coefficient (Wildman–Crippen LogP) is 3.71. The van der Waals surface area contributed by atoms with E-state index in [1.54, 1.807) is 6.92 Å². The van der Waals surface area contributed by atoms with E-state index in [2.05, 4.69) is 40.7 Å². The van der Waals surface area contributed by atoms with Crippen LogP contribution < -0.4 is 0 Å². The van der Waals surface area contributed by atoms with Crippen molar-refractivity contribution in [2.24, 2.45) is 5.41 Å². The van der Waals surface area contributed by atoms with Crippen LogP contribution in [0.2, 0.25) is 0 Å². The molecular weight excluding hydrogens is 251 g/mol. The number of ketones is 1. The van der Waals surface area contributed by atoms with Crippen LogP contribution in [0.4, 0.5) is 0 Å². The molecule has 0 radical (unpaired) electrons. The van der Waals surface area contributed by atoms with Gasteiger partial charge >= 0.3 is 7.12 Å². The summed E-state index contributed by atoms with van der Waals surface area (Å²) in [6, 6.07) is 0. The van der Waals surface area contributed by atoms with E-state index in [0.717, 1.165) is 25.7 Å². The Morgan fingerprint density at radius 3 is 2.15 bits per heavy atom. The Balaban J connectivity index is 2.13.